The minimum Gasteiger partial charge on any atom is -0.495 e. The van der Waals surface area contributed by atoms with E-state index in [0.29, 0.717) is 0 Å². The molecule has 1 aliphatic heterocycles. The Bertz CT molecular complexity index is 448. The van der Waals surface area contributed by atoms with E-state index in [9.17, 15) is 5.11 Å². The SMILES string of the molecule is OC(C1=CCCCO1)c1ccc2c(c1)CCC2. The van der Waals surface area contributed by atoms with Gasteiger partial charge in [0, 0.05) is 0 Å². The molecule has 0 amide bonds. The molecule has 0 saturated carbocycles. The lowest BCUT2D eigenvalue weighted by molar-refractivity contribution is 0.0917. The van der Waals surface area contributed by atoms with Gasteiger partial charge in [0.2, 0.25) is 0 Å². The van der Waals surface area contributed by atoms with Gasteiger partial charge in [-0.25, -0.2) is 0 Å². The summed E-state index contributed by atoms with van der Waals surface area (Å²) in [5.74, 6) is 0.731. The first-order chi connectivity index (χ1) is 8.34. The highest BCUT2D eigenvalue weighted by molar-refractivity contribution is 5.37. The fraction of sp³-hybridized carbons (Fsp3) is 0.467. The van der Waals surface area contributed by atoms with Crippen molar-refractivity contribution in [1.29, 1.82) is 0 Å². The average Bonchev–Trinajstić information content (AvgIpc) is 2.86. The van der Waals surface area contributed by atoms with Gasteiger partial charge in [0.1, 0.15) is 11.9 Å². The Kier molecular flexibility index (Phi) is 2.89. The smallest absolute Gasteiger partial charge is 0.136 e. The van der Waals surface area contributed by atoms with Crippen LogP contribution in [-0.4, -0.2) is 11.7 Å². The Morgan fingerprint density at radius 1 is 1.12 bits per heavy atom. The number of aliphatic hydroxyl groups excluding tert-OH is 1. The number of fused-ring (bicyclic) bond motifs is 1. The number of ether oxygens (including phenoxy) is 1. The molecule has 2 nitrogen and oxygen atoms in total. The lowest BCUT2D eigenvalue weighted by Crippen LogP contribution is -2.10. The minimum absolute atomic E-state index is 0.582. The fourth-order valence-electron chi connectivity index (χ4n) is 2.69. The Morgan fingerprint density at radius 2 is 2.00 bits per heavy atom. The number of rotatable bonds is 2. The fourth-order valence-corrected chi connectivity index (χ4v) is 2.69. The molecule has 90 valence electrons. The Morgan fingerprint density at radius 3 is 2.82 bits per heavy atom. The minimum atomic E-state index is -0.582. The molecule has 1 unspecified atom stereocenters. The van der Waals surface area contributed by atoms with Crippen molar-refractivity contribution in [3.8, 4) is 0 Å². The summed E-state index contributed by atoms with van der Waals surface area (Å²) in [5.41, 5.74) is 3.82. The molecule has 1 aromatic rings. The van der Waals surface area contributed by atoms with E-state index in [-0.39, 0.29) is 0 Å². The van der Waals surface area contributed by atoms with Gasteiger partial charge in [-0.15, -0.1) is 0 Å². The van der Waals surface area contributed by atoms with E-state index in [4.69, 9.17) is 4.74 Å². The maximum Gasteiger partial charge on any atom is 0.136 e. The molecule has 2 heteroatoms. The van der Waals surface area contributed by atoms with Crippen LogP contribution in [0.1, 0.15) is 42.1 Å². The van der Waals surface area contributed by atoms with Gasteiger partial charge < -0.3 is 9.84 Å². The van der Waals surface area contributed by atoms with Crippen LogP contribution in [0.3, 0.4) is 0 Å². The topological polar surface area (TPSA) is 29.5 Å². The van der Waals surface area contributed by atoms with Crippen molar-refractivity contribution >= 4 is 0 Å². The van der Waals surface area contributed by atoms with E-state index >= 15 is 0 Å². The quantitative estimate of drug-likeness (QED) is 0.846. The van der Waals surface area contributed by atoms with E-state index in [0.717, 1.165) is 37.2 Å². The number of allylic oxidation sites excluding steroid dienone is 1. The van der Waals surface area contributed by atoms with Crippen LogP contribution in [0.2, 0.25) is 0 Å². The summed E-state index contributed by atoms with van der Waals surface area (Å²) >= 11 is 0. The van der Waals surface area contributed by atoms with Crippen molar-refractivity contribution in [1.82, 2.24) is 0 Å². The van der Waals surface area contributed by atoms with E-state index in [1.807, 2.05) is 12.1 Å². The molecule has 1 aromatic carbocycles. The summed E-state index contributed by atoms with van der Waals surface area (Å²) in [6.45, 7) is 0.730. The normalized spacial score (nSPS) is 20.4. The zero-order valence-electron chi connectivity index (χ0n) is 9.98. The number of aliphatic hydroxyl groups is 1. The van der Waals surface area contributed by atoms with E-state index in [1.54, 1.807) is 0 Å². The van der Waals surface area contributed by atoms with Crippen LogP contribution in [0.25, 0.3) is 0 Å². The summed E-state index contributed by atoms with van der Waals surface area (Å²) in [6.07, 6.45) is 7.08. The lowest BCUT2D eigenvalue weighted by Gasteiger charge is -2.20. The monoisotopic (exact) mass is 230 g/mol. The zero-order valence-corrected chi connectivity index (χ0v) is 9.98. The van der Waals surface area contributed by atoms with E-state index in [1.165, 1.54) is 24.0 Å². The lowest BCUT2D eigenvalue weighted by atomic mass is 10.0. The first-order valence-electron chi connectivity index (χ1n) is 6.47. The molecule has 0 aromatic heterocycles. The summed E-state index contributed by atoms with van der Waals surface area (Å²) < 4.78 is 5.52. The summed E-state index contributed by atoms with van der Waals surface area (Å²) in [6, 6.07) is 6.34. The first-order valence-corrected chi connectivity index (χ1v) is 6.47. The number of hydrogen-bond acceptors (Lipinski definition) is 2. The standard InChI is InChI=1S/C15H18O2/c16-15(14-6-1-2-9-17-14)13-8-7-11-4-3-5-12(11)10-13/h6-8,10,15-16H,1-5,9H2. The van der Waals surface area contributed by atoms with Gasteiger partial charge in [-0.1, -0.05) is 18.2 Å². The highest BCUT2D eigenvalue weighted by Gasteiger charge is 2.19. The van der Waals surface area contributed by atoms with Crippen LogP contribution >= 0.6 is 0 Å². The zero-order chi connectivity index (χ0) is 11.7. The van der Waals surface area contributed by atoms with Crippen LogP contribution in [0.15, 0.2) is 30.0 Å². The highest BCUT2D eigenvalue weighted by atomic mass is 16.5. The van der Waals surface area contributed by atoms with E-state index < -0.39 is 6.10 Å². The predicted molar refractivity (Wildman–Crippen MR) is 66.7 cm³/mol. The molecular formula is C15H18O2. The molecule has 0 saturated heterocycles. The van der Waals surface area contributed by atoms with Crippen LogP contribution < -0.4 is 0 Å². The van der Waals surface area contributed by atoms with Crippen LogP contribution in [0.5, 0.6) is 0 Å². The highest BCUT2D eigenvalue weighted by Crippen LogP contribution is 2.30. The Hall–Kier alpha value is -1.28. The van der Waals surface area contributed by atoms with Crippen molar-refractivity contribution in [3.05, 3.63) is 46.7 Å². The molecule has 1 heterocycles. The molecule has 17 heavy (non-hydrogen) atoms. The van der Waals surface area contributed by atoms with Gasteiger partial charge in [-0.05, 0) is 54.9 Å². The maximum atomic E-state index is 10.3. The molecule has 0 bridgehead atoms. The average molecular weight is 230 g/mol. The second-order valence-corrected chi connectivity index (χ2v) is 4.88. The molecule has 1 N–H and O–H groups in total. The second kappa shape index (κ2) is 4.53. The Balaban J connectivity index is 1.86. The third-order valence-corrected chi connectivity index (χ3v) is 3.67. The largest absolute Gasteiger partial charge is 0.495 e. The third-order valence-electron chi connectivity index (χ3n) is 3.67. The Labute approximate surface area is 102 Å². The summed E-state index contributed by atoms with van der Waals surface area (Å²) in [5, 5.41) is 10.3. The van der Waals surface area contributed by atoms with Gasteiger partial charge >= 0.3 is 0 Å². The number of benzene rings is 1. The van der Waals surface area contributed by atoms with Crippen molar-refractivity contribution < 1.29 is 9.84 Å². The molecule has 2 aliphatic rings. The number of aryl methyl sites for hydroxylation is 2. The molecular weight excluding hydrogens is 212 g/mol. The van der Waals surface area contributed by atoms with Gasteiger partial charge in [0.05, 0.1) is 6.61 Å². The first kappa shape index (κ1) is 10.8. The molecule has 1 atom stereocenters. The van der Waals surface area contributed by atoms with Gasteiger partial charge in [-0.2, -0.15) is 0 Å². The molecule has 0 radical (unpaired) electrons. The second-order valence-electron chi connectivity index (χ2n) is 4.88. The molecule has 1 aliphatic carbocycles. The van der Waals surface area contributed by atoms with Crippen molar-refractivity contribution in [2.24, 2.45) is 0 Å². The summed E-state index contributed by atoms with van der Waals surface area (Å²) in [7, 11) is 0. The van der Waals surface area contributed by atoms with Crippen LogP contribution in [0.4, 0.5) is 0 Å². The molecule has 0 spiro atoms. The predicted octanol–water partition coefficient (Wildman–Crippen LogP) is 2.90. The van der Waals surface area contributed by atoms with Gasteiger partial charge in [-0.3, -0.25) is 0 Å². The van der Waals surface area contributed by atoms with E-state index in [2.05, 4.69) is 12.1 Å². The molecule has 3 rings (SSSR count). The van der Waals surface area contributed by atoms with Gasteiger partial charge in [0.25, 0.3) is 0 Å². The van der Waals surface area contributed by atoms with Crippen LogP contribution in [0, 0.1) is 0 Å². The van der Waals surface area contributed by atoms with Crippen LogP contribution in [-0.2, 0) is 17.6 Å². The van der Waals surface area contributed by atoms with Gasteiger partial charge in [0.15, 0.2) is 0 Å². The maximum absolute atomic E-state index is 10.3. The van der Waals surface area contributed by atoms with Crippen molar-refractivity contribution in [3.63, 3.8) is 0 Å². The van der Waals surface area contributed by atoms with Crippen molar-refractivity contribution in [2.45, 2.75) is 38.2 Å². The third kappa shape index (κ3) is 2.09. The summed E-state index contributed by atoms with van der Waals surface area (Å²) in [4.78, 5) is 0. The number of hydrogen-bond donors (Lipinski definition) is 1. The van der Waals surface area contributed by atoms with Crippen molar-refractivity contribution in [2.75, 3.05) is 6.61 Å². The molecule has 0 fully saturated rings.